The van der Waals surface area contributed by atoms with Gasteiger partial charge >= 0.3 is 0 Å². The van der Waals surface area contributed by atoms with Gasteiger partial charge in [-0.2, -0.15) is 0 Å². The van der Waals surface area contributed by atoms with Gasteiger partial charge in [-0.05, 0) is 24.3 Å². The van der Waals surface area contributed by atoms with Crippen LogP contribution in [0, 0.1) is 0 Å². The van der Waals surface area contributed by atoms with Gasteiger partial charge in [0.1, 0.15) is 6.04 Å². The molecule has 2 heterocycles. The van der Waals surface area contributed by atoms with Crippen LogP contribution in [0.2, 0.25) is 5.02 Å². The molecule has 0 radical (unpaired) electrons. The number of nitrogens with one attached hydrogen (secondary N) is 2. The van der Waals surface area contributed by atoms with Crippen LogP contribution in [-0.4, -0.2) is 53.8 Å². The molecule has 0 bridgehead atoms. The van der Waals surface area contributed by atoms with Crippen molar-refractivity contribution in [2.75, 3.05) is 20.1 Å². The molecule has 0 aliphatic carbocycles. The van der Waals surface area contributed by atoms with Crippen LogP contribution in [-0.2, 0) is 9.59 Å². The topological polar surface area (TPSA) is 91.4 Å². The molecule has 8 heteroatoms. The smallest absolute Gasteiger partial charge is 0.254 e. The van der Waals surface area contributed by atoms with Gasteiger partial charge in [0.05, 0.1) is 17.1 Å². The number of amides is 3. The number of hydrogen-bond donors (Lipinski definition) is 2. The Morgan fingerprint density at radius 3 is 2.85 bits per heavy atom. The highest BCUT2D eigenvalue weighted by Crippen LogP contribution is 2.22. The fourth-order valence-corrected chi connectivity index (χ4v) is 3.07. The summed E-state index contributed by atoms with van der Waals surface area (Å²) in [6.45, 7) is 0.697. The van der Waals surface area contributed by atoms with Gasteiger partial charge in [-0.3, -0.25) is 19.4 Å². The van der Waals surface area contributed by atoms with Crippen LogP contribution in [0.4, 0.5) is 0 Å². The number of hydrogen-bond acceptors (Lipinski definition) is 4. The third kappa shape index (κ3) is 4.25. The van der Waals surface area contributed by atoms with Gasteiger partial charge in [0, 0.05) is 37.5 Å². The zero-order valence-corrected chi connectivity index (χ0v) is 15.5. The average Bonchev–Trinajstić information content (AvgIpc) is 2.69. The molecule has 2 aromatic rings. The van der Waals surface area contributed by atoms with Crippen molar-refractivity contribution in [3.05, 3.63) is 53.2 Å². The second-order valence-electron chi connectivity index (χ2n) is 6.13. The first-order chi connectivity index (χ1) is 13.0. The number of benzene rings is 1. The highest BCUT2D eigenvalue weighted by molar-refractivity contribution is 6.30. The van der Waals surface area contributed by atoms with Crippen molar-refractivity contribution >= 4 is 29.3 Å². The van der Waals surface area contributed by atoms with Crippen LogP contribution >= 0.6 is 11.6 Å². The normalized spacial score (nSPS) is 16.6. The van der Waals surface area contributed by atoms with E-state index >= 15 is 0 Å². The lowest BCUT2D eigenvalue weighted by atomic mass is 10.0. The molecule has 0 saturated carbocycles. The second-order valence-corrected chi connectivity index (χ2v) is 6.56. The van der Waals surface area contributed by atoms with E-state index in [4.69, 9.17) is 11.6 Å². The summed E-state index contributed by atoms with van der Waals surface area (Å²) in [6, 6.07) is 9.69. The minimum atomic E-state index is -0.830. The van der Waals surface area contributed by atoms with Gasteiger partial charge in [0.25, 0.3) is 5.91 Å². The SMILES string of the molecule is CNC(=O)C[C@@H]1C(=O)NCCN1C(=O)c1cccc(-c2ccc(Cl)cn2)c1. The molecule has 140 valence electrons. The van der Waals surface area contributed by atoms with Gasteiger partial charge < -0.3 is 15.5 Å². The lowest BCUT2D eigenvalue weighted by Gasteiger charge is -2.34. The Morgan fingerprint density at radius 1 is 1.33 bits per heavy atom. The Balaban J connectivity index is 1.87. The minimum absolute atomic E-state index is 0.0769. The van der Waals surface area contributed by atoms with Crippen LogP contribution in [0.1, 0.15) is 16.8 Å². The standard InChI is InChI=1S/C19H19ClN4O3/c1-21-17(25)10-16-18(26)22-7-8-24(16)19(27)13-4-2-3-12(9-13)15-6-5-14(20)11-23-15/h2-6,9,11,16H,7-8,10H2,1H3,(H,21,25)(H,22,26)/t16-/m1/s1. The minimum Gasteiger partial charge on any atom is -0.359 e. The van der Waals surface area contributed by atoms with Crippen molar-refractivity contribution < 1.29 is 14.4 Å². The summed E-state index contributed by atoms with van der Waals surface area (Å²) in [5.74, 6) is -0.919. The maximum Gasteiger partial charge on any atom is 0.254 e. The van der Waals surface area contributed by atoms with Crippen LogP contribution in [0.3, 0.4) is 0 Å². The molecule has 3 amide bonds. The summed E-state index contributed by atoms with van der Waals surface area (Å²) in [5.41, 5.74) is 1.88. The second kappa shape index (κ2) is 8.18. The molecule has 1 aromatic heterocycles. The molecule has 3 rings (SSSR count). The van der Waals surface area contributed by atoms with Crippen LogP contribution in [0.5, 0.6) is 0 Å². The quantitative estimate of drug-likeness (QED) is 0.832. The molecular weight excluding hydrogens is 368 g/mol. The summed E-state index contributed by atoms with van der Waals surface area (Å²) >= 11 is 5.87. The molecule has 1 aliphatic heterocycles. The van der Waals surface area contributed by atoms with E-state index in [-0.39, 0.29) is 24.1 Å². The Morgan fingerprint density at radius 2 is 2.15 bits per heavy atom. The van der Waals surface area contributed by atoms with Gasteiger partial charge in [0.15, 0.2) is 0 Å². The van der Waals surface area contributed by atoms with Crippen LogP contribution < -0.4 is 10.6 Å². The summed E-state index contributed by atoms with van der Waals surface area (Å²) in [7, 11) is 1.50. The first-order valence-corrected chi connectivity index (χ1v) is 8.88. The molecule has 7 nitrogen and oxygen atoms in total. The third-order valence-electron chi connectivity index (χ3n) is 4.38. The van der Waals surface area contributed by atoms with E-state index in [0.717, 1.165) is 5.56 Å². The van der Waals surface area contributed by atoms with Crippen molar-refractivity contribution in [3.8, 4) is 11.3 Å². The maximum atomic E-state index is 13.0. The Bertz CT molecular complexity index is 870. The molecule has 27 heavy (non-hydrogen) atoms. The summed E-state index contributed by atoms with van der Waals surface area (Å²) in [6.07, 6.45) is 1.46. The van der Waals surface area contributed by atoms with Gasteiger partial charge in [-0.15, -0.1) is 0 Å². The number of carbonyl (C=O) groups excluding carboxylic acids is 3. The van der Waals surface area contributed by atoms with E-state index in [1.165, 1.54) is 11.9 Å². The van der Waals surface area contributed by atoms with E-state index in [1.807, 2.05) is 6.07 Å². The zero-order valence-electron chi connectivity index (χ0n) is 14.7. The van der Waals surface area contributed by atoms with E-state index < -0.39 is 6.04 Å². The molecular formula is C19H19ClN4O3. The lowest BCUT2D eigenvalue weighted by molar-refractivity contribution is -0.132. The Hall–Kier alpha value is -2.93. The first kappa shape index (κ1) is 18.8. The predicted octanol–water partition coefficient (Wildman–Crippen LogP) is 1.48. The van der Waals surface area contributed by atoms with Gasteiger partial charge in [-0.25, -0.2) is 0 Å². The van der Waals surface area contributed by atoms with Gasteiger partial charge in [0.2, 0.25) is 11.8 Å². The maximum absolute atomic E-state index is 13.0. The molecule has 1 aliphatic rings. The monoisotopic (exact) mass is 386 g/mol. The van der Waals surface area contributed by atoms with Gasteiger partial charge in [-0.1, -0.05) is 23.7 Å². The van der Waals surface area contributed by atoms with E-state index in [2.05, 4.69) is 15.6 Å². The number of pyridine rings is 1. The molecule has 0 unspecified atom stereocenters. The van der Waals surface area contributed by atoms with E-state index in [1.54, 1.807) is 36.5 Å². The highest BCUT2D eigenvalue weighted by Gasteiger charge is 2.34. The largest absolute Gasteiger partial charge is 0.359 e. The lowest BCUT2D eigenvalue weighted by Crippen LogP contribution is -2.58. The molecule has 1 atom stereocenters. The van der Waals surface area contributed by atoms with Crippen molar-refractivity contribution in [2.45, 2.75) is 12.5 Å². The fourth-order valence-electron chi connectivity index (χ4n) is 2.96. The van der Waals surface area contributed by atoms with Crippen molar-refractivity contribution in [3.63, 3.8) is 0 Å². The summed E-state index contributed by atoms with van der Waals surface area (Å²) in [5, 5.41) is 5.73. The average molecular weight is 387 g/mol. The predicted molar refractivity (Wildman–Crippen MR) is 101 cm³/mol. The Labute approximate surface area is 161 Å². The molecule has 2 N–H and O–H groups in total. The Kier molecular flexibility index (Phi) is 5.71. The van der Waals surface area contributed by atoms with Crippen molar-refractivity contribution in [1.82, 2.24) is 20.5 Å². The number of rotatable bonds is 4. The zero-order chi connectivity index (χ0) is 19.4. The molecule has 1 fully saturated rings. The number of halogens is 1. The number of carbonyl (C=O) groups is 3. The van der Waals surface area contributed by atoms with Crippen LogP contribution in [0.15, 0.2) is 42.6 Å². The number of aromatic nitrogens is 1. The molecule has 1 aromatic carbocycles. The molecule has 1 saturated heterocycles. The first-order valence-electron chi connectivity index (χ1n) is 8.51. The van der Waals surface area contributed by atoms with E-state index in [9.17, 15) is 14.4 Å². The van der Waals surface area contributed by atoms with Crippen molar-refractivity contribution in [2.24, 2.45) is 0 Å². The fraction of sp³-hybridized carbons (Fsp3) is 0.263. The van der Waals surface area contributed by atoms with E-state index in [0.29, 0.717) is 29.4 Å². The summed E-state index contributed by atoms with van der Waals surface area (Å²) in [4.78, 5) is 42.7. The number of nitrogens with zero attached hydrogens (tertiary/aromatic N) is 2. The molecule has 0 spiro atoms. The number of piperazine rings is 1. The van der Waals surface area contributed by atoms with Crippen LogP contribution in [0.25, 0.3) is 11.3 Å². The highest BCUT2D eigenvalue weighted by atomic mass is 35.5. The van der Waals surface area contributed by atoms with Crippen molar-refractivity contribution in [1.29, 1.82) is 0 Å². The summed E-state index contributed by atoms with van der Waals surface area (Å²) < 4.78 is 0. The third-order valence-corrected chi connectivity index (χ3v) is 4.61.